The summed E-state index contributed by atoms with van der Waals surface area (Å²) in [5.41, 5.74) is 1.11. The molecule has 1 aromatic carbocycles. The van der Waals surface area contributed by atoms with Crippen LogP contribution in [-0.2, 0) is 16.1 Å². The molecule has 1 aromatic heterocycles. The van der Waals surface area contributed by atoms with Gasteiger partial charge in [-0.15, -0.1) is 11.3 Å². The van der Waals surface area contributed by atoms with Crippen LogP contribution in [0.3, 0.4) is 0 Å². The van der Waals surface area contributed by atoms with E-state index in [4.69, 9.17) is 19.2 Å². The molecule has 3 heterocycles. The van der Waals surface area contributed by atoms with E-state index in [1.54, 1.807) is 25.4 Å². The fourth-order valence-electron chi connectivity index (χ4n) is 3.83. The number of rotatable bonds is 7. The van der Waals surface area contributed by atoms with Crippen molar-refractivity contribution in [1.29, 1.82) is 0 Å². The van der Waals surface area contributed by atoms with Gasteiger partial charge in [-0.3, -0.25) is 9.69 Å². The molecule has 2 aliphatic rings. The molecule has 2 aliphatic heterocycles. The van der Waals surface area contributed by atoms with Crippen LogP contribution in [0.1, 0.15) is 12.6 Å². The minimum atomic E-state index is -0.567. The van der Waals surface area contributed by atoms with Gasteiger partial charge in [0.1, 0.15) is 0 Å². The van der Waals surface area contributed by atoms with Crippen LogP contribution in [0.2, 0.25) is 0 Å². The number of morpholine rings is 1. The molecule has 1 amide bonds. The summed E-state index contributed by atoms with van der Waals surface area (Å²) < 4.78 is 16.6. The molecule has 1 atom stereocenters. The average Bonchev–Trinajstić information content (AvgIpc) is 3.28. The lowest BCUT2D eigenvalue weighted by Crippen LogP contribution is -2.52. The van der Waals surface area contributed by atoms with Crippen LogP contribution in [0.15, 0.2) is 29.6 Å². The maximum absolute atomic E-state index is 12.9. The van der Waals surface area contributed by atoms with Crippen LogP contribution in [-0.4, -0.2) is 86.4 Å². The van der Waals surface area contributed by atoms with Crippen molar-refractivity contribution in [2.45, 2.75) is 19.6 Å². The molecule has 0 aliphatic carbocycles. The third kappa shape index (κ3) is 5.47. The van der Waals surface area contributed by atoms with Gasteiger partial charge >= 0.3 is 0 Å². The maximum Gasteiger partial charge on any atom is 0.263 e. The first kappa shape index (κ1) is 21.9. The second-order valence-corrected chi connectivity index (χ2v) is 8.57. The molecule has 8 nitrogen and oxygen atoms in total. The van der Waals surface area contributed by atoms with Gasteiger partial charge < -0.3 is 24.0 Å². The van der Waals surface area contributed by atoms with Crippen LogP contribution in [0, 0.1) is 0 Å². The zero-order valence-electron chi connectivity index (χ0n) is 18.2. The topological polar surface area (TPSA) is 67.4 Å². The van der Waals surface area contributed by atoms with Crippen molar-refractivity contribution >= 4 is 22.4 Å². The minimum absolute atomic E-state index is 0.00213. The largest absolute Gasteiger partial charge is 0.493 e. The van der Waals surface area contributed by atoms with Gasteiger partial charge in [0.2, 0.25) is 0 Å². The van der Waals surface area contributed by atoms with Gasteiger partial charge in [-0.05, 0) is 19.1 Å². The van der Waals surface area contributed by atoms with Crippen molar-refractivity contribution in [2.24, 2.45) is 0 Å². The summed E-state index contributed by atoms with van der Waals surface area (Å²) in [6.07, 6.45) is -0.567. The third-order valence-corrected chi connectivity index (χ3v) is 6.56. The summed E-state index contributed by atoms with van der Waals surface area (Å²) in [6.45, 7) is 9.06. The van der Waals surface area contributed by atoms with Gasteiger partial charge in [-0.2, -0.15) is 0 Å². The number of para-hydroxylation sites is 2. The quantitative estimate of drug-likeness (QED) is 0.645. The Morgan fingerprint density at radius 2 is 1.84 bits per heavy atom. The molecule has 168 valence electrons. The molecule has 31 heavy (non-hydrogen) atoms. The summed E-state index contributed by atoms with van der Waals surface area (Å²) in [7, 11) is 1.60. The molecule has 0 spiro atoms. The van der Waals surface area contributed by atoms with Crippen LogP contribution in [0.5, 0.6) is 11.5 Å². The van der Waals surface area contributed by atoms with E-state index in [1.807, 2.05) is 29.2 Å². The first-order chi connectivity index (χ1) is 15.1. The van der Waals surface area contributed by atoms with E-state index in [9.17, 15) is 4.79 Å². The SMILES string of the molecule is COc1ccccc1O[C@H](C)C(=O)N1CCN(c2nc(CN3CCOCC3)cs2)CC1. The Hall–Kier alpha value is -2.36. The number of carbonyl (C=O) groups is 1. The predicted molar refractivity (Wildman–Crippen MR) is 120 cm³/mol. The molecule has 0 N–H and O–H groups in total. The highest BCUT2D eigenvalue weighted by molar-refractivity contribution is 7.13. The van der Waals surface area contributed by atoms with E-state index in [-0.39, 0.29) is 5.91 Å². The Labute approximate surface area is 187 Å². The van der Waals surface area contributed by atoms with Gasteiger partial charge in [0.15, 0.2) is 22.7 Å². The van der Waals surface area contributed by atoms with E-state index in [1.165, 1.54) is 0 Å². The number of anilines is 1. The number of aromatic nitrogens is 1. The fourth-order valence-corrected chi connectivity index (χ4v) is 4.71. The van der Waals surface area contributed by atoms with Crippen molar-refractivity contribution < 1.29 is 19.0 Å². The number of piperazine rings is 1. The predicted octanol–water partition coefficient (Wildman–Crippen LogP) is 2.10. The maximum atomic E-state index is 12.9. The Bertz CT molecular complexity index is 863. The highest BCUT2D eigenvalue weighted by Crippen LogP contribution is 2.27. The van der Waals surface area contributed by atoms with E-state index in [0.717, 1.165) is 56.8 Å². The number of carbonyl (C=O) groups excluding carboxylic acids is 1. The number of hydrogen-bond acceptors (Lipinski definition) is 8. The monoisotopic (exact) mass is 446 g/mol. The van der Waals surface area contributed by atoms with Gasteiger partial charge in [0.05, 0.1) is 26.0 Å². The van der Waals surface area contributed by atoms with Gasteiger partial charge in [0.25, 0.3) is 5.91 Å². The molecule has 0 radical (unpaired) electrons. The van der Waals surface area contributed by atoms with Crippen LogP contribution in [0.4, 0.5) is 5.13 Å². The van der Waals surface area contributed by atoms with Crippen molar-refractivity contribution in [3.8, 4) is 11.5 Å². The summed E-state index contributed by atoms with van der Waals surface area (Å²) >= 11 is 1.68. The Kier molecular flexibility index (Phi) is 7.26. The molecular weight excluding hydrogens is 416 g/mol. The highest BCUT2D eigenvalue weighted by Gasteiger charge is 2.27. The third-order valence-electron chi connectivity index (χ3n) is 5.61. The zero-order chi connectivity index (χ0) is 21.6. The van der Waals surface area contributed by atoms with Crippen molar-refractivity contribution in [3.63, 3.8) is 0 Å². The second-order valence-electron chi connectivity index (χ2n) is 7.73. The lowest BCUT2D eigenvalue weighted by atomic mass is 10.2. The number of thiazole rings is 1. The summed E-state index contributed by atoms with van der Waals surface area (Å²) in [5.74, 6) is 1.21. The van der Waals surface area contributed by atoms with Gasteiger partial charge in [0, 0.05) is 51.2 Å². The smallest absolute Gasteiger partial charge is 0.263 e. The summed E-state index contributed by atoms with van der Waals surface area (Å²) in [4.78, 5) is 24.2. The van der Waals surface area contributed by atoms with E-state index in [0.29, 0.717) is 24.6 Å². The minimum Gasteiger partial charge on any atom is -0.493 e. The lowest BCUT2D eigenvalue weighted by molar-refractivity contribution is -0.138. The molecule has 0 bridgehead atoms. The molecule has 0 unspecified atom stereocenters. The van der Waals surface area contributed by atoms with E-state index < -0.39 is 6.10 Å². The molecule has 2 saturated heterocycles. The van der Waals surface area contributed by atoms with Gasteiger partial charge in [-0.25, -0.2) is 4.98 Å². The van der Waals surface area contributed by atoms with Crippen LogP contribution in [0.25, 0.3) is 0 Å². The molecule has 2 aromatic rings. The number of amides is 1. The van der Waals surface area contributed by atoms with Crippen molar-refractivity contribution in [2.75, 3.05) is 64.5 Å². The highest BCUT2D eigenvalue weighted by atomic mass is 32.1. The number of benzene rings is 1. The molecule has 4 rings (SSSR count). The Balaban J connectivity index is 1.27. The van der Waals surface area contributed by atoms with E-state index in [2.05, 4.69) is 15.2 Å². The zero-order valence-corrected chi connectivity index (χ0v) is 19.0. The lowest BCUT2D eigenvalue weighted by Gasteiger charge is -2.35. The number of methoxy groups -OCH3 is 1. The van der Waals surface area contributed by atoms with E-state index >= 15 is 0 Å². The molecule has 0 saturated carbocycles. The normalized spacial score (nSPS) is 18.6. The number of nitrogens with zero attached hydrogens (tertiary/aromatic N) is 4. The number of ether oxygens (including phenoxy) is 3. The Morgan fingerprint density at radius 1 is 1.13 bits per heavy atom. The molecule has 9 heteroatoms. The molecular formula is C22H30N4O4S. The fraction of sp³-hybridized carbons (Fsp3) is 0.545. The first-order valence-corrected chi connectivity index (χ1v) is 11.6. The first-order valence-electron chi connectivity index (χ1n) is 10.7. The Morgan fingerprint density at radius 3 is 2.55 bits per heavy atom. The average molecular weight is 447 g/mol. The van der Waals surface area contributed by atoms with Crippen LogP contribution < -0.4 is 14.4 Å². The van der Waals surface area contributed by atoms with Crippen molar-refractivity contribution in [1.82, 2.24) is 14.8 Å². The molecule has 2 fully saturated rings. The van der Waals surface area contributed by atoms with Crippen molar-refractivity contribution in [3.05, 3.63) is 35.3 Å². The van der Waals surface area contributed by atoms with Gasteiger partial charge in [-0.1, -0.05) is 12.1 Å². The summed E-state index contributed by atoms with van der Waals surface area (Å²) in [6, 6.07) is 7.39. The standard InChI is InChI=1S/C22H30N4O4S/c1-17(30-20-6-4-3-5-19(20)28-2)21(27)25-7-9-26(10-8-25)22-23-18(16-31-22)15-24-11-13-29-14-12-24/h3-6,16-17H,7-15H2,1-2H3/t17-/m1/s1. The second kappa shape index (κ2) is 10.3. The van der Waals surface area contributed by atoms with Crippen LogP contribution >= 0.6 is 11.3 Å². The summed E-state index contributed by atoms with van der Waals surface area (Å²) in [5, 5.41) is 3.18. The number of hydrogen-bond donors (Lipinski definition) is 0.